The summed E-state index contributed by atoms with van der Waals surface area (Å²) in [6.45, 7) is 4.02. The number of aromatic nitrogens is 2. The van der Waals surface area contributed by atoms with Crippen LogP contribution in [0.2, 0.25) is 0 Å². The number of benzene rings is 2. The third-order valence-electron chi connectivity index (χ3n) is 5.68. The molecule has 3 heterocycles. The minimum atomic E-state index is -0.932. The van der Waals surface area contributed by atoms with Crippen LogP contribution in [0.4, 0.5) is 0 Å². The largest absolute Gasteiger partial charge is 0.437 e. The number of para-hydroxylation sites is 2. The van der Waals surface area contributed by atoms with Crippen molar-refractivity contribution in [3.05, 3.63) is 72.4 Å². The van der Waals surface area contributed by atoms with Crippen molar-refractivity contribution in [3.8, 4) is 11.3 Å². The van der Waals surface area contributed by atoms with Crippen molar-refractivity contribution in [2.45, 2.75) is 19.1 Å². The van der Waals surface area contributed by atoms with Crippen LogP contribution in [0, 0.1) is 5.92 Å². The first-order valence-corrected chi connectivity index (χ1v) is 9.71. The van der Waals surface area contributed by atoms with Crippen LogP contribution in [0.25, 0.3) is 44.2 Å². The maximum Gasteiger partial charge on any atom is 0.227 e. The van der Waals surface area contributed by atoms with E-state index in [0.29, 0.717) is 5.71 Å². The fraction of sp³-hybridized carbons (Fsp3) is 0.167. The topological polar surface area (TPSA) is 38.9 Å². The first-order chi connectivity index (χ1) is 13.9. The summed E-state index contributed by atoms with van der Waals surface area (Å²) in [7, 11) is 12.8. The molecule has 136 valence electrons. The van der Waals surface area contributed by atoms with E-state index in [1.807, 2.05) is 56.3 Å². The van der Waals surface area contributed by atoms with Gasteiger partial charge in [0, 0.05) is 27.9 Å². The average Bonchev–Trinajstić information content (AvgIpc) is 3.09. The first kappa shape index (κ1) is 18.0. The lowest BCUT2D eigenvalue weighted by Gasteiger charge is -2.31. The molecule has 0 unspecified atom stereocenters. The van der Waals surface area contributed by atoms with Crippen molar-refractivity contribution >= 4 is 48.7 Å². The second kappa shape index (κ2) is 6.48. The van der Waals surface area contributed by atoms with E-state index < -0.39 is 5.21 Å². The molecule has 0 bridgehead atoms. The van der Waals surface area contributed by atoms with Gasteiger partial charge in [0.25, 0.3) is 0 Å². The van der Waals surface area contributed by atoms with E-state index in [1.54, 1.807) is 6.20 Å². The standard InChI is InChI=1S/C24H18B2N2O/c1-14(2)24(25,26)16-10-11-27-21(13-16)18-8-5-7-17-19-12-15-6-3-4-9-20(15)28-23(19)29-22(17)18/h3-14H,1-2H3. The molecule has 0 aliphatic carbocycles. The molecule has 5 rings (SSSR count). The van der Waals surface area contributed by atoms with Crippen LogP contribution in [0.15, 0.2) is 71.3 Å². The highest BCUT2D eigenvalue weighted by molar-refractivity contribution is 6.40. The van der Waals surface area contributed by atoms with Gasteiger partial charge in [-0.1, -0.05) is 60.9 Å². The fourth-order valence-electron chi connectivity index (χ4n) is 3.71. The van der Waals surface area contributed by atoms with Crippen LogP contribution >= 0.6 is 0 Å². The zero-order valence-corrected chi connectivity index (χ0v) is 16.4. The average molecular weight is 372 g/mol. The quantitative estimate of drug-likeness (QED) is 0.401. The number of hydrogen-bond acceptors (Lipinski definition) is 3. The molecule has 0 atom stereocenters. The van der Waals surface area contributed by atoms with Crippen LogP contribution in [-0.4, -0.2) is 25.7 Å². The molecule has 0 fully saturated rings. The molecule has 0 N–H and O–H groups in total. The molecule has 0 saturated heterocycles. The van der Waals surface area contributed by atoms with Crippen molar-refractivity contribution in [1.82, 2.24) is 9.97 Å². The summed E-state index contributed by atoms with van der Waals surface area (Å²) in [6, 6.07) is 20.0. The Morgan fingerprint density at radius 2 is 1.76 bits per heavy atom. The highest BCUT2D eigenvalue weighted by atomic mass is 16.3. The van der Waals surface area contributed by atoms with Gasteiger partial charge in [0.05, 0.1) is 26.9 Å². The van der Waals surface area contributed by atoms with E-state index in [4.69, 9.17) is 25.1 Å². The Labute approximate surface area is 172 Å². The molecule has 2 aromatic carbocycles. The zero-order chi connectivity index (χ0) is 20.2. The van der Waals surface area contributed by atoms with Gasteiger partial charge in [-0.15, -0.1) is 0 Å². The van der Waals surface area contributed by atoms with E-state index in [1.165, 1.54) is 0 Å². The number of pyridine rings is 2. The summed E-state index contributed by atoms with van der Waals surface area (Å²) in [4.78, 5) is 9.27. The summed E-state index contributed by atoms with van der Waals surface area (Å²) in [5, 5.41) is 2.16. The molecule has 5 heteroatoms. The first-order valence-electron chi connectivity index (χ1n) is 9.71. The Morgan fingerprint density at radius 1 is 0.931 bits per heavy atom. The predicted octanol–water partition coefficient (Wildman–Crippen LogP) is 5.34. The lowest BCUT2D eigenvalue weighted by molar-refractivity contribution is 0.570. The summed E-state index contributed by atoms with van der Waals surface area (Å²) < 4.78 is 6.21. The summed E-state index contributed by atoms with van der Waals surface area (Å²) in [6.07, 6.45) is 1.75. The van der Waals surface area contributed by atoms with Gasteiger partial charge < -0.3 is 4.42 Å². The van der Waals surface area contributed by atoms with Crippen molar-refractivity contribution in [2.75, 3.05) is 0 Å². The number of hydrogen-bond donors (Lipinski definition) is 0. The molecular formula is C24H18B2N2O. The van der Waals surface area contributed by atoms with Crippen LogP contribution in [0.5, 0.6) is 0 Å². The van der Waals surface area contributed by atoms with Gasteiger partial charge >= 0.3 is 0 Å². The van der Waals surface area contributed by atoms with Crippen LogP contribution in [0.3, 0.4) is 0 Å². The Hall–Kier alpha value is -3.07. The molecule has 29 heavy (non-hydrogen) atoms. The SMILES string of the molecule is [B]C([B])(c1ccnc(-c2cccc3c2oc2nc4ccccc4cc23)c1)C(C)C. The zero-order valence-electron chi connectivity index (χ0n) is 16.4. The Kier molecular flexibility index (Phi) is 4.02. The Bertz CT molecular complexity index is 1370. The molecule has 3 aromatic heterocycles. The third-order valence-corrected chi connectivity index (χ3v) is 5.68. The van der Waals surface area contributed by atoms with E-state index >= 15 is 0 Å². The fourth-order valence-corrected chi connectivity index (χ4v) is 3.71. The molecule has 0 aliphatic heterocycles. The van der Waals surface area contributed by atoms with Crippen LogP contribution in [-0.2, 0) is 5.21 Å². The molecule has 5 aromatic rings. The predicted molar refractivity (Wildman–Crippen MR) is 120 cm³/mol. The number of fused-ring (bicyclic) bond motifs is 4. The van der Waals surface area contributed by atoms with Gasteiger partial charge in [-0.3, -0.25) is 4.98 Å². The van der Waals surface area contributed by atoms with Crippen LogP contribution in [0.1, 0.15) is 19.4 Å². The summed E-state index contributed by atoms with van der Waals surface area (Å²) in [5.41, 5.74) is 4.81. The second-order valence-corrected chi connectivity index (χ2v) is 7.84. The molecule has 0 aliphatic rings. The molecular weight excluding hydrogens is 354 g/mol. The van der Waals surface area contributed by atoms with Gasteiger partial charge in [-0.05, 0) is 30.3 Å². The molecule has 4 radical (unpaired) electrons. The van der Waals surface area contributed by atoms with Gasteiger partial charge in [0.1, 0.15) is 5.58 Å². The van der Waals surface area contributed by atoms with Gasteiger partial charge in [0.15, 0.2) is 0 Å². The summed E-state index contributed by atoms with van der Waals surface area (Å²) in [5.74, 6) is 0.0800. The molecule has 0 spiro atoms. The van der Waals surface area contributed by atoms with Gasteiger partial charge in [0.2, 0.25) is 5.71 Å². The third kappa shape index (κ3) is 2.84. The lowest BCUT2D eigenvalue weighted by atomic mass is 9.46. The van der Waals surface area contributed by atoms with Crippen molar-refractivity contribution in [3.63, 3.8) is 0 Å². The number of rotatable bonds is 3. The molecule has 3 nitrogen and oxygen atoms in total. The van der Waals surface area contributed by atoms with Crippen molar-refractivity contribution < 1.29 is 4.42 Å². The maximum atomic E-state index is 6.38. The second-order valence-electron chi connectivity index (χ2n) is 7.84. The van der Waals surface area contributed by atoms with Gasteiger partial charge in [-0.25, -0.2) is 4.98 Å². The van der Waals surface area contributed by atoms with Crippen LogP contribution < -0.4 is 0 Å². The minimum absolute atomic E-state index is 0.0800. The lowest BCUT2D eigenvalue weighted by Crippen LogP contribution is -2.33. The number of nitrogens with zero attached hydrogens (tertiary/aromatic N) is 2. The van der Waals surface area contributed by atoms with E-state index in [9.17, 15) is 0 Å². The smallest absolute Gasteiger partial charge is 0.227 e. The normalized spacial score (nSPS) is 12.4. The summed E-state index contributed by atoms with van der Waals surface area (Å²) >= 11 is 0. The monoisotopic (exact) mass is 372 g/mol. The van der Waals surface area contributed by atoms with Crippen molar-refractivity contribution in [2.24, 2.45) is 5.92 Å². The van der Waals surface area contributed by atoms with Gasteiger partial charge in [-0.2, -0.15) is 0 Å². The maximum absolute atomic E-state index is 6.38. The van der Waals surface area contributed by atoms with E-state index in [-0.39, 0.29) is 5.92 Å². The van der Waals surface area contributed by atoms with E-state index in [0.717, 1.165) is 44.1 Å². The molecule has 0 amide bonds. The Balaban J connectivity index is 1.75. The highest BCUT2D eigenvalue weighted by Gasteiger charge is 2.24. The molecule has 0 saturated carbocycles. The van der Waals surface area contributed by atoms with E-state index in [2.05, 4.69) is 23.2 Å². The minimum Gasteiger partial charge on any atom is -0.437 e. The van der Waals surface area contributed by atoms with Crippen molar-refractivity contribution in [1.29, 1.82) is 0 Å². The highest BCUT2D eigenvalue weighted by Crippen LogP contribution is 2.36. The number of furan rings is 1. The Morgan fingerprint density at radius 3 is 2.59 bits per heavy atom.